The maximum atomic E-state index is 14.5. The van der Waals surface area contributed by atoms with Gasteiger partial charge in [-0.1, -0.05) is 45.6 Å². The third-order valence-corrected chi connectivity index (χ3v) is 7.51. The van der Waals surface area contributed by atoms with Gasteiger partial charge in [0.15, 0.2) is 11.6 Å². The van der Waals surface area contributed by atoms with Crippen molar-refractivity contribution in [3.05, 3.63) is 109 Å². The third-order valence-electron chi connectivity index (χ3n) is 7.51. The molecule has 4 aromatic rings. The molecule has 0 N–H and O–H groups in total. The number of anilines is 1. The van der Waals surface area contributed by atoms with Crippen LogP contribution in [0.2, 0.25) is 0 Å². The molecule has 0 radical (unpaired) electrons. The largest absolute Gasteiger partial charge is 0.491 e. The molecule has 0 aliphatic carbocycles. The summed E-state index contributed by atoms with van der Waals surface area (Å²) in [5.74, 6) is -0.609. The van der Waals surface area contributed by atoms with Gasteiger partial charge in [-0.25, -0.2) is 9.18 Å². The first-order valence-corrected chi connectivity index (χ1v) is 16.8. The van der Waals surface area contributed by atoms with Gasteiger partial charge in [0.05, 0.1) is 47.3 Å². The summed E-state index contributed by atoms with van der Waals surface area (Å²) >= 11 is 0. The molecule has 0 aromatic heterocycles. The Kier molecular flexibility index (Phi) is 14.9. The van der Waals surface area contributed by atoms with Crippen LogP contribution in [-0.4, -0.2) is 32.8 Å². The van der Waals surface area contributed by atoms with E-state index >= 15 is 0 Å². The highest BCUT2D eigenvalue weighted by molar-refractivity contribution is 5.86. The molecule has 0 aliphatic heterocycles. The highest BCUT2D eigenvalue weighted by Gasteiger charge is 2.07. The van der Waals surface area contributed by atoms with Gasteiger partial charge in [0.2, 0.25) is 0 Å². The van der Waals surface area contributed by atoms with Crippen LogP contribution in [0.15, 0.2) is 134 Å². The van der Waals surface area contributed by atoms with Crippen molar-refractivity contribution in [2.45, 2.75) is 52.4 Å². The molecule has 0 atom stereocenters. The standard InChI is InChI=1S/C39H44FN7O3/c1-5-6-7-8-9-10-26-49-38-24-21-35(28-37(38)40)46-45-33-17-15-31(16-18-33)42-41-30-11-13-32(14-12-30)43-44-34-19-22-36(23-20-34)47(4)25-27-50-39(48)29(2)3/h11-24,28H,2,5-10,25-27H2,1,3-4H3. The van der Waals surface area contributed by atoms with E-state index in [0.717, 1.165) is 18.5 Å². The van der Waals surface area contributed by atoms with Gasteiger partial charge < -0.3 is 14.4 Å². The minimum absolute atomic E-state index is 0.232. The molecule has 4 rings (SSSR count). The second-order valence-corrected chi connectivity index (χ2v) is 11.7. The summed E-state index contributed by atoms with van der Waals surface area (Å²) in [6.45, 7) is 8.72. The number of hydrogen-bond donors (Lipinski definition) is 0. The first-order chi connectivity index (χ1) is 24.3. The summed E-state index contributed by atoms with van der Waals surface area (Å²) in [6.07, 6.45) is 6.90. The Balaban J connectivity index is 1.21. The van der Waals surface area contributed by atoms with Crippen LogP contribution in [0.1, 0.15) is 52.4 Å². The molecule has 0 spiro atoms. The number of likely N-dealkylation sites (N-methyl/N-ethyl adjacent to an activating group) is 1. The molecule has 0 aliphatic rings. The van der Waals surface area contributed by atoms with Crippen LogP contribution in [0.3, 0.4) is 0 Å². The lowest BCUT2D eigenvalue weighted by Gasteiger charge is -2.19. The number of esters is 1. The maximum absolute atomic E-state index is 14.5. The fourth-order valence-corrected chi connectivity index (χ4v) is 4.55. The molecule has 0 bridgehead atoms. The third kappa shape index (κ3) is 12.8. The molecule has 0 amide bonds. The van der Waals surface area contributed by atoms with Crippen LogP contribution < -0.4 is 9.64 Å². The fraction of sp³-hybridized carbons (Fsp3) is 0.308. The van der Waals surface area contributed by atoms with Crippen molar-refractivity contribution in [3.63, 3.8) is 0 Å². The van der Waals surface area contributed by atoms with Gasteiger partial charge in [-0.15, -0.1) is 0 Å². The lowest BCUT2D eigenvalue weighted by atomic mass is 10.1. The first-order valence-electron chi connectivity index (χ1n) is 16.8. The molecule has 0 unspecified atom stereocenters. The zero-order valence-corrected chi connectivity index (χ0v) is 29.0. The molecule has 0 heterocycles. The molecule has 11 heteroatoms. The molecule has 0 saturated carbocycles. The lowest BCUT2D eigenvalue weighted by molar-refractivity contribution is -0.138. The fourth-order valence-electron chi connectivity index (χ4n) is 4.55. The van der Waals surface area contributed by atoms with Crippen LogP contribution in [0, 0.1) is 5.82 Å². The minimum atomic E-state index is -0.452. The van der Waals surface area contributed by atoms with Gasteiger partial charge in [-0.2, -0.15) is 30.7 Å². The van der Waals surface area contributed by atoms with Crippen molar-refractivity contribution < 1.29 is 18.7 Å². The van der Waals surface area contributed by atoms with E-state index in [1.807, 2.05) is 60.5 Å². The summed E-state index contributed by atoms with van der Waals surface area (Å²) in [5.41, 5.74) is 5.04. The lowest BCUT2D eigenvalue weighted by Crippen LogP contribution is -2.23. The van der Waals surface area contributed by atoms with Crippen molar-refractivity contribution in [2.24, 2.45) is 30.7 Å². The highest BCUT2D eigenvalue weighted by atomic mass is 19.1. The van der Waals surface area contributed by atoms with E-state index in [0.29, 0.717) is 52.8 Å². The van der Waals surface area contributed by atoms with E-state index in [4.69, 9.17) is 9.47 Å². The van der Waals surface area contributed by atoms with E-state index in [9.17, 15) is 9.18 Å². The van der Waals surface area contributed by atoms with Crippen molar-refractivity contribution in [1.29, 1.82) is 0 Å². The Morgan fingerprint density at radius 1 is 0.660 bits per heavy atom. The number of carbonyl (C=O) groups excluding carboxylic acids is 1. The van der Waals surface area contributed by atoms with E-state index in [1.165, 1.54) is 31.7 Å². The summed E-state index contributed by atoms with van der Waals surface area (Å²) in [6, 6.07) is 26.5. The van der Waals surface area contributed by atoms with Crippen LogP contribution in [0.4, 0.5) is 44.2 Å². The second-order valence-electron chi connectivity index (χ2n) is 11.7. The molecular formula is C39H44FN7O3. The molecule has 50 heavy (non-hydrogen) atoms. The average molecular weight is 678 g/mol. The number of azo groups is 3. The van der Waals surface area contributed by atoms with Crippen molar-refractivity contribution in [1.82, 2.24) is 0 Å². The number of carbonyl (C=O) groups is 1. The number of nitrogens with zero attached hydrogens (tertiary/aromatic N) is 7. The van der Waals surface area contributed by atoms with Crippen molar-refractivity contribution in [2.75, 3.05) is 31.7 Å². The normalized spacial score (nSPS) is 11.4. The van der Waals surface area contributed by atoms with Crippen molar-refractivity contribution >= 4 is 45.8 Å². The van der Waals surface area contributed by atoms with Gasteiger partial charge in [0.25, 0.3) is 0 Å². The summed E-state index contributed by atoms with van der Waals surface area (Å²) < 4.78 is 25.2. The molecule has 0 fully saturated rings. The Bertz CT molecular complexity index is 1760. The van der Waals surface area contributed by atoms with Crippen LogP contribution >= 0.6 is 0 Å². The summed E-state index contributed by atoms with van der Waals surface area (Å²) in [5, 5.41) is 25.6. The summed E-state index contributed by atoms with van der Waals surface area (Å²) in [4.78, 5) is 13.5. The predicted molar refractivity (Wildman–Crippen MR) is 196 cm³/mol. The highest BCUT2D eigenvalue weighted by Crippen LogP contribution is 2.28. The first kappa shape index (κ1) is 37.2. The smallest absolute Gasteiger partial charge is 0.333 e. The number of halogens is 1. The molecule has 0 saturated heterocycles. The van der Waals surface area contributed by atoms with E-state index in [1.54, 1.807) is 43.3 Å². The monoisotopic (exact) mass is 677 g/mol. The number of unbranched alkanes of at least 4 members (excludes halogenated alkanes) is 5. The zero-order chi connectivity index (χ0) is 35.6. The van der Waals surface area contributed by atoms with E-state index < -0.39 is 5.82 Å². The van der Waals surface area contributed by atoms with Crippen LogP contribution in [0.5, 0.6) is 5.75 Å². The van der Waals surface area contributed by atoms with Crippen LogP contribution in [-0.2, 0) is 9.53 Å². The molecule has 260 valence electrons. The van der Waals surface area contributed by atoms with Gasteiger partial charge in [0.1, 0.15) is 6.61 Å². The van der Waals surface area contributed by atoms with E-state index in [2.05, 4.69) is 44.2 Å². The molecule has 4 aromatic carbocycles. The van der Waals surface area contributed by atoms with Gasteiger partial charge in [-0.05, 0) is 98.3 Å². The SMILES string of the molecule is C=C(C)C(=O)OCCN(C)c1ccc(N=Nc2ccc(N=Nc3ccc(N=Nc4ccc(OCCCCCCCC)c(F)c4)cc3)cc2)cc1. The topological polar surface area (TPSA) is 113 Å². The number of rotatable bonds is 19. The van der Waals surface area contributed by atoms with Gasteiger partial charge >= 0.3 is 5.97 Å². The minimum Gasteiger partial charge on any atom is -0.491 e. The van der Waals surface area contributed by atoms with Crippen LogP contribution in [0.25, 0.3) is 0 Å². The average Bonchev–Trinajstić information content (AvgIpc) is 3.13. The quantitative estimate of drug-likeness (QED) is 0.0425. The molecular weight excluding hydrogens is 633 g/mol. The zero-order valence-electron chi connectivity index (χ0n) is 29.0. The van der Waals surface area contributed by atoms with Gasteiger partial charge in [-0.3, -0.25) is 0 Å². The second kappa shape index (κ2) is 20.1. The van der Waals surface area contributed by atoms with Crippen molar-refractivity contribution in [3.8, 4) is 5.75 Å². The molecule has 10 nitrogen and oxygen atoms in total. The van der Waals surface area contributed by atoms with Gasteiger partial charge in [0, 0.05) is 24.4 Å². The van der Waals surface area contributed by atoms with E-state index in [-0.39, 0.29) is 18.3 Å². The maximum Gasteiger partial charge on any atom is 0.333 e. The predicted octanol–water partition coefficient (Wildman–Crippen LogP) is 12.4. The Morgan fingerprint density at radius 3 is 1.58 bits per heavy atom. The number of hydrogen-bond acceptors (Lipinski definition) is 10. The Labute approximate surface area is 293 Å². The Morgan fingerprint density at radius 2 is 1.10 bits per heavy atom. The number of benzene rings is 4. The number of ether oxygens (including phenoxy) is 2. The summed E-state index contributed by atoms with van der Waals surface area (Å²) in [7, 11) is 1.92. The Hall–Kier alpha value is -5.58.